The van der Waals surface area contributed by atoms with E-state index in [0.717, 1.165) is 36.2 Å². The number of hydrogen-bond acceptors (Lipinski definition) is 3. The third-order valence-electron chi connectivity index (χ3n) is 3.93. The number of aromatic nitrogens is 2. The molecule has 1 aromatic heterocycles. The summed E-state index contributed by atoms with van der Waals surface area (Å²) in [6.45, 7) is 7.38. The van der Waals surface area contributed by atoms with Crippen LogP contribution in [0.4, 0.5) is 0 Å². The number of hydrogen-bond donors (Lipinski definition) is 2. The Morgan fingerprint density at radius 1 is 1.45 bits per heavy atom. The molecule has 0 fully saturated rings. The van der Waals surface area contributed by atoms with E-state index in [4.69, 9.17) is 0 Å². The molecule has 0 unspecified atom stereocenters. The van der Waals surface area contributed by atoms with Gasteiger partial charge in [-0.2, -0.15) is 0 Å². The van der Waals surface area contributed by atoms with Crippen LogP contribution in [0.2, 0.25) is 0 Å². The highest BCUT2D eigenvalue weighted by Crippen LogP contribution is 2.15. The molecule has 0 radical (unpaired) electrons. The molecule has 1 aromatic carbocycles. The topological polar surface area (TPSA) is 61.0 Å². The van der Waals surface area contributed by atoms with E-state index in [9.17, 15) is 4.79 Å². The van der Waals surface area contributed by atoms with Gasteiger partial charge in [0.15, 0.2) is 0 Å². The van der Waals surface area contributed by atoms with Crippen LogP contribution >= 0.6 is 0 Å². The van der Waals surface area contributed by atoms with E-state index in [-0.39, 0.29) is 11.9 Å². The molecule has 0 aliphatic rings. The van der Waals surface area contributed by atoms with Crippen LogP contribution in [0, 0.1) is 6.92 Å². The smallest absolute Gasteiger partial charge is 0.234 e. The van der Waals surface area contributed by atoms with Crippen LogP contribution in [-0.2, 0) is 11.2 Å². The lowest BCUT2D eigenvalue weighted by Crippen LogP contribution is -2.40. The van der Waals surface area contributed by atoms with Crippen molar-refractivity contribution in [1.29, 1.82) is 0 Å². The molecule has 0 spiro atoms. The first kappa shape index (κ1) is 16.5. The number of fused-ring (bicyclic) bond motifs is 1. The minimum Gasteiger partial charge on any atom is -0.353 e. The first-order valence-electron chi connectivity index (χ1n) is 7.91. The first-order chi connectivity index (χ1) is 10.5. The van der Waals surface area contributed by atoms with Gasteiger partial charge in [0, 0.05) is 19.0 Å². The zero-order valence-electron chi connectivity index (χ0n) is 13.9. The maximum absolute atomic E-state index is 11.8. The van der Waals surface area contributed by atoms with Crippen molar-refractivity contribution in [3.05, 3.63) is 29.6 Å². The predicted octanol–water partition coefficient (Wildman–Crippen LogP) is 2.26. The van der Waals surface area contributed by atoms with E-state index in [1.807, 2.05) is 31.0 Å². The first-order valence-corrected chi connectivity index (χ1v) is 7.91. The number of para-hydroxylation sites is 1. The van der Waals surface area contributed by atoms with Crippen molar-refractivity contribution in [2.45, 2.75) is 39.7 Å². The van der Waals surface area contributed by atoms with Crippen molar-refractivity contribution in [3.63, 3.8) is 0 Å². The molecular weight excluding hydrogens is 276 g/mol. The van der Waals surface area contributed by atoms with E-state index in [0.29, 0.717) is 6.54 Å². The van der Waals surface area contributed by atoms with Gasteiger partial charge in [-0.3, -0.25) is 9.69 Å². The van der Waals surface area contributed by atoms with Gasteiger partial charge in [0.2, 0.25) is 5.91 Å². The molecule has 1 heterocycles. The number of aromatic amines is 1. The lowest BCUT2D eigenvalue weighted by molar-refractivity contribution is -0.122. The van der Waals surface area contributed by atoms with Gasteiger partial charge in [0.1, 0.15) is 5.82 Å². The molecule has 5 nitrogen and oxygen atoms in total. The SMILES string of the molecule is CC[C@H](C)NC(=O)CN(C)CCc1nc2c(C)cccc2[nH]1. The summed E-state index contributed by atoms with van der Waals surface area (Å²) in [6, 6.07) is 6.38. The van der Waals surface area contributed by atoms with Crippen LogP contribution in [0.5, 0.6) is 0 Å². The van der Waals surface area contributed by atoms with Crippen molar-refractivity contribution >= 4 is 16.9 Å². The molecule has 0 saturated carbocycles. The number of carbonyl (C=O) groups is 1. The lowest BCUT2D eigenvalue weighted by atomic mass is 10.2. The number of nitrogens with zero attached hydrogens (tertiary/aromatic N) is 2. The van der Waals surface area contributed by atoms with Crippen LogP contribution in [0.1, 0.15) is 31.7 Å². The van der Waals surface area contributed by atoms with Crippen LogP contribution in [-0.4, -0.2) is 47.0 Å². The molecule has 120 valence electrons. The molecule has 5 heteroatoms. The van der Waals surface area contributed by atoms with Gasteiger partial charge in [0.25, 0.3) is 0 Å². The van der Waals surface area contributed by atoms with E-state index < -0.39 is 0 Å². The molecule has 2 N–H and O–H groups in total. The zero-order valence-corrected chi connectivity index (χ0v) is 13.9. The monoisotopic (exact) mass is 302 g/mol. The van der Waals surface area contributed by atoms with Gasteiger partial charge in [-0.15, -0.1) is 0 Å². The minimum atomic E-state index is 0.0808. The summed E-state index contributed by atoms with van der Waals surface area (Å²) in [5, 5.41) is 2.98. The van der Waals surface area contributed by atoms with Crippen LogP contribution in [0.3, 0.4) is 0 Å². The number of H-pyrrole nitrogens is 1. The number of benzene rings is 1. The second-order valence-electron chi connectivity index (χ2n) is 6.02. The maximum Gasteiger partial charge on any atom is 0.234 e. The Bertz CT molecular complexity index is 635. The number of imidazole rings is 1. The summed E-state index contributed by atoms with van der Waals surface area (Å²) >= 11 is 0. The normalized spacial score (nSPS) is 12.8. The average Bonchev–Trinajstić information content (AvgIpc) is 2.89. The van der Waals surface area contributed by atoms with Gasteiger partial charge < -0.3 is 10.3 Å². The molecule has 0 aliphatic carbocycles. The Labute approximate surface area is 132 Å². The highest BCUT2D eigenvalue weighted by atomic mass is 16.2. The minimum absolute atomic E-state index is 0.0808. The quantitative estimate of drug-likeness (QED) is 0.825. The van der Waals surface area contributed by atoms with Crippen molar-refractivity contribution in [2.75, 3.05) is 20.1 Å². The number of rotatable bonds is 7. The van der Waals surface area contributed by atoms with Crippen molar-refractivity contribution in [2.24, 2.45) is 0 Å². The fourth-order valence-corrected chi connectivity index (χ4v) is 2.39. The molecule has 2 rings (SSSR count). The number of likely N-dealkylation sites (N-methyl/N-ethyl adjacent to an activating group) is 1. The molecule has 22 heavy (non-hydrogen) atoms. The molecular formula is C17H26N4O. The molecule has 1 amide bonds. The number of nitrogens with one attached hydrogen (secondary N) is 2. The van der Waals surface area contributed by atoms with Gasteiger partial charge in [-0.05, 0) is 38.9 Å². The Morgan fingerprint density at radius 3 is 2.91 bits per heavy atom. The molecule has 2 aromatic rings. The Balaban J connectivity index is 1.86. The highest BCUT2D eigenvalue weighted by Gasteiger charge is 2.10. The standard InChI is InChI=1S/C17H26N4O/c1-5-13(3)18-16(22)11-21(4)10-9-15-19-14-8-6-7-12(2)17(14)20-15/h6-8,13H,5,9-11H2,1-4H3,(H,18,22)(H,19,20)/t13-/m0/s1. The van der Waals surface area contributed by atoms with Crippen LogP contribution < -0.4 is 5.32 Å². The largest absolute Gasteiger partial charge is 0.353 e. The second kappa shape index (κ2) is 7.40. The number of carbonyl (C=O) groups excluding carboxylic acids is 1. The third-order valence-corrected chi connectivity index (χ3v) is 3.93. The van der Waals surface area contributed by atoms with Gasteiger partial charge in [-0.1, -0.05) is 19.1 Å². The fraction of sp³-hybridized carbons (Fsp3) is 0.529. The third kappa shape index (κ3) is 4.31. The van der Waals surface area contributed by atoms with Crippen molar-refractivity contribution in [3.8, 4) is 0 Å². The Morgan fingerprint density at radius 2 is 2.23 bits per heavy atom. The molecule has 0 bridgehead atoms. The van der Waals surface area contributed by atoms with Gasteiger partial charge in [-0.25, -0.2) is 4.98 Å². The summed E-state index contributed by atoms with van der Waals surface area (Å²) in [7, 11) is 1.96. The molecule has 0 saturated heterocycles. The summed E-state index contributed by atoms with van der Waals surface area (Å²) in [5.41, 5.74) is 3.29. The van der Waals surface area contributed by atoms with E-state index in [1.54, 1.807) is 0 Å². The molecule has 1 atom stereocenters. The summed E-state index contributed by atoms with van der Waals surface area (Å²) < 4.78 is 0. The Kier molecular flexibility index (Phi) is 5.55. The molecule has 0 aliphatic heterocycles. The highest BCUT2D eigenvalue weighted by molar-refractivity contribution is 5.79. The Hall–Kier alpha value is -1.88. The summed E-state index contributed by atoms with van der Waals surface area (Å²) in [5.74, 6) is 1.05. The second-order valence-corrected chi connectivity index (χ2v) is 6.02. The van der Waals surface area contributed by atoms with Gasteiger partial charge in [0.05, 0.1) is 17.6 Å². The fourth-order valence-electron chi connectivity index (χ4n) is 2.39. The summed E-state index contributed by atoms with van der Waals surface area (Å²) in [6.07, 6.45) is 1.76. The van der Waals surface area contributed by atoms with E-state index >= 15 is 0 Å². The van der Waals surface area contributed by atoms with Crippen molar-refractivity contribution < 1.29 is 4.79 Å². The van der Waals surface area contributed by atoms with Crippen LogP contribution in [0.25, 0.3) is 11.0 Å². The van der Waals surface area contributed by atoms with Gasteiger partial charge >= 0.3 is 0 Å². The average molecular weight is 302 g/mol. The summed E-state index contributed by atoms with van der Waals surface area (Å²) in [4.78, 5) is 21.9. The lowest BCUT2D eigenvalue weighted by Gasteiger charge is -2.17. The zero-order chi connectivity index (χ0) is 16.1. The predicted molar refractivity (Wildman–Crippen MR) is 89.9 cm³/mol. The number of aryl methyl sites for hydroxylation is 1. The van der Waals surface area contributed by atoms with Crippen LogP contribution in [0.15, 0.2) is 18.2 Å². The maximum atomic E-state index is 11.8. The van der Waals surface area contributed by atoms with E-state index in [2.05, 4.69) is 35.2 Å². The van der Waals surface area contributed by atoms with E-state index in [1.165, 1.54) is 5.56 Å². The number of amides is 1. The van der Waals surface area contributed by atoms with Crippen molar-refractivity contribution in [1.82, 2.24) is 20.2 Å².